The maximum Gasteiger partial charge on any atom is 0.246 e. The van der Waals surface area contributed by atoms with Crippen LogP contribution in [0.1, 0.15) is 18.1 Å². The van der Waals surface area contributed by atoms with Crippen LogP contribution in [0.25, 0.3) is 0 Å². The second kappa shape index (κ2) is 7.07. The zero-order valence-corrected chi connectivity index (χ0v) is 13.3. The van der Waals surface area contributed by atoms with E-state index < -0.39 is 0 Å². The maximum atomic E-state index is 12.5. The zero-order chi connectivity index (χ0) is 14.0. The molecule has 1 aliphatic rings. The first-order chi connectivity index (χ1) is 8.99. The predicted molar refractivity (Wildman–Crippen MR) is 83.8 cm³/mol. The van der Waals surface area contributed by atoms with Crippen LogP contribution in [0, 0.1) is 13.8 Å². The molecule has 1 amide bonds. The van der Waals surface area contributed by atoms with Crippen molar-refractivity contribution >= 4 is 24.0 Å². The molecule has 112 valence electrons. The Hall–Kier alpha value is -1.10. The SMILES string of the molecule is Cc1cc(C)cc(N(C)C(=O)[C@H]2NCCO[C@@H]2C)c1.Cl. The Morgan fingerprint density at radius 2 is 1.90 bits per heavy atom. The molecule has 0 unspecified atom stereocenters. The van der Waals surface area contributed by atoms with Gasteiger partial charge in [0.1, 0.15) is 6.04 Å². The van der Waals surface area contributed by atoms with E-state index in [0.29, 0.717) is 6.61 Å². The molecule has 0 spiro atoms. The van der Waals surface area contributed by atoms with E-state index in [2.05, 4.69) is 11.4 Å². The van der Waals surface area contributed by atoms with Gasteiger partial charge >= 0.3 is 0 Å². The van der Waals surface area contributed by atoms with Crippen molar-refractivity contribution in [1.82, 2.24) is 5.32 Å². The molecule has 0 aromatic heterocycles. The summed E-state index contributed by atoms with van der Waals surface area (Å²) in [6, 6.07) is 5.89. The number of nitrogens with zero attached hydrogens (tertiary/aromatic N) is 1. The minimum Gasteiger partial charge on any atom is -0.375 e. The number of anilines is 1. The van der Waals surface area contributed by atoms with Gasteiger partial charge < -0.3 is 15.0 Å². The van der Waals surface area contributed by atoms with Crippen LogP contribution in [-0.4, -0.2) is 38.3 Å². The van der Waals surface area contributed by atoms with Gasteiger partial charge in [-0.15, -0.1) is 12.4 Å². The van der Waals surface area contributed by atoms with E-state index in [1.165, 1.54) is 0 Å². The Balaban J connectivity index is 0.00000200. The van der Waals surface area contributed by atoms with Crippen LogP contribution < -0.4 is 10.2 Å². The van der Waals surface area contributed by atoms with E-state index in [-0.39, 0.29) is 30.5 Å². The summed E-state index contributed by atoms with van der Waals surface area (Å²) < 4.78 is 5.54. The number of hydrogen-bond donors (Lipinski definition) is 1. The van der Waals surface area contributed by atoms with Crippen LogP contribution >= 0.6 is 12.4 Å². The third-order valence-electron chi connectivity index (χ3n) is 3.51. The second-order valence-electron chi connectivity index (χ2n) is 5.25. The van der Waals surface area contributed by atoms with E-state index in [9.17, 15) is 4.79 Å². The van der Waals surface area contributed by atoms with Gasteiger partial charge in [-0.25, -0.2) is 0 Å². The molecule has 1 saturated heterocycles. The molecular formula is C15H23ClN2O2. The molecule has 0 bridgehead atoms. The second-order valence-corrected chi connectivity index (χ2v) is 5.25. The molecule has 1 heterocycles. The highest BCUT2D eigenvalue weighted by Gasteiger charge is 2.31. The molecule has 2 atom stereocenters. The molecule has 0 aliphatic carbocycles. The van der Waals surface area contributed by atoms with E-state index in [1.54, 1.807) is 4.90 Å². The number of carbonyl (C=O) groups excluding carboxylic acids is 1. The summed E-state index contributed by atoms with van der Waals surface area (Å²) in [5.74, 6) is 0.0530. The quantitative estimate of drug-likeness (QED) is 0.909. The number of rotatable bonds is 2. The van der Waals surface area contributed by atoms with Crippen molar-refractivity contribution in [1.29, 1.82) is 0 Å². The van der Waals surface area contributed by atoms with Gasteiger partial charge in [-0.05, 0) is 44.0 Å². The van der Waals surface area contributed by atoms with Gasteiger partial charge in [0.05, 0.1) is 12.7 Å². The minimum atomic E-state index is -0.264. The van der Waals surface area contributed by atoms with Gasteiger partial charge in [-0.2, -0.15) is 0 Å². The average Bonchev–Trinajstić information content (AvgIpc) is 2.36. The molecular weight excluding hydrogens is 276 g/mol. The fourth-order valence-corrected chi connectivity index (χ4v) is 2.49. The number of morpholine rings is 1. The number of amides is 1. The van der Waals surface area contributed by atoms with Gasteiger partial charge in [-0.1, -0.05) is 6.07 Å². The highest BCUT2D eigenvalue weighted by molar-refractivity contribution is 5.97. The van der Waals surface area contributed by atoms with Crippen molar-refractivity contribution in [2.24, 2.45) is 0 Å². The zero-order valence-electron chi connectivity index (χ0n) is 12.5. The average molecular weight is 299 g/mol. The number of aryl methyl sites for hydroxylation is 2. The van der Waals surface area contributed by atoms with E-state index in [0.717, 1.165) is 23.4 Å². The molecule has 1 fully saturated rings. The third kappa shape index (κ3) is 3.72. The van der Waals surface area contributed by atoms with Crippen LogP contribution in [0.3, 0.4) is 0 Å². The van der Waals surface area contributed by atoms with Crippen LogP contribution in [0.5, 0.6) is 0 Å². The summed E-state index contributed by atoms with van der Waals surface area (Å²) in [6.45, 7) is 7.41. The lowest BCUT2D eigenvalue weighted by molar-refractivity contribution is -0.126. The Morgan fingerprint density at radius 3 is 2.45 bits per heavy atom. The number of carbonyl (C=O) groups is 1. The van der Waals surface area contributed by atoms with Gasteiger partial charge in [-0.3, -0.25) is 4.79 Å². The van der Waals surface area contributed by atoms with Crippen molar-refractivity contribution in [3.05, 3.63) is 29.3 Å². The van der Waals surface area contributed by atoms with Crippen molar-refractivity contribution in [3.8, 4) is 0 Å². The molecule has 2 rings (SSSR count). The molecule has 5 heteroatoms. The molecule has 0 radical (unpaired) electrons. The summed E-state index contributed by atoms with van der Waals surface area (Å²) in [6.07, 6.45) is -0.0883. The standard InChI is InChI=1S/C15H22N2O2.ClH/c1-10-7-11(2)9-13(8-10)17(4)15(18)14-12(3)19-6-5-16-14;/h7-9,12,14,16H,5-6H2,1-4H3;1H/t12-,14+;/m1./s1. The first-order valence-corrected chi connectivity index (χ1v) is 6.70. The lowest BCUT2D eigenvalue weighted by Crippen LogP contribution is -2.55. The van der Waals surface area contributed by atoms with Gasteiger partial charge in [0.15, 0.2) is 0 Å². The summed E-state index contributed by atoms with van der Waals surface area (Å²) in [5.41, 5.74) is 3.26. The first kappa shape index (κ1) is 17.0. The normalized spacial score (nSPS) is 22.0. The Labute approximate surface area is 126 Å². The van der Waals surface area contributed by atoms with E-state index in [1.807, 2.05) is 40.0 Å². The molecule has 1 aromatic rings. The molecule has 1 N–H and O–H groups in total. The maximum absolute atomic E-state index is 12.5. The van der Waals surface area contributed by atoms with Crippen molar-refractivity contribution in [2.45, 2.75) is 32.9 Å². The Morgan fingerprint density at radius 1 is 1.30 bits per heavy atom. The van der Waals surface area contributed by atoms with Crippen LogP contribution in [0.2, 0.25) is 0 Å². The summed E-state index contributed by atoms with van der Waals surface area (Å²) in [5, 5.41) is 3.23. The Bertz CT molecular complexity index is 459. The van der Waals surface area contributed by atoms with Gasteiger partial charge in [0, 0.05) is 19.3 Å². The van der Waals surface area contributed by atoms with Crippen LogP contribution in [-0.2, 0) is 9.53 Å². The number of halogens is 1. The van der Waals surface area contributed by atoms with Crippen LogP contribution in [0.15, 0.2) is 18.2 Å². The largest absolute Gasteiger partial charge is 0.375 e. The number of hydrogen-bond acceptors (Lipinski definition) is 3. The minimum absolute atomic E-state index is 0. The number of benzene rings is 1. The van der Waals surface area contributed by atoms with Gasteiger partial charge in [0.2, 0.25) is 5.91 Å². The topological polar surface area (TPSA) is 41.6 Å². The highest BCUT2D eigenvalue weighted by atomic mass is 35.5. The Kier molecular flexibility index (Phi) is 5.99. The van der Waals surface area contributed by atoms with E-state index in [4.69, 9.17) is 4.74 Å². The van der Waals surface area contributed by atoms with Crippen molar-refractivity contribution < 1.29 is 9.53 Å². The van der Waals surface area contributed by atoms with E-state index >= 15 is 0 Å². The fraction of sp³-hybridized carbons (Fsp3) is 0.533. The summed E-state index contributed by atoms with van der Waals surface area (Å²) in [7, 11) is 1.82. The monoisotopic (exact) mass is 298 g/mol. The first-order valence-electron chi connectivity index (χ1n) is 6.70. The fourth-order valence-electron chi connectivity index (χ4n) is 2.49. The molecule has 0 saturated carbocycles. The number of nitrogens with one attached hydrogen (secondary N) is 1. The molecule has 4 nitrogen and oxygen atoms in total. The molecule has 1 aromatic carbocycles. The predicted octanol–water partition coefficient (Wildman–Crippen LogP) is 2.06. The van der Waals surface area contributed by atoms with Gasteiger partial charge in [0.25, 0.3) is 0 Å². The number of likely N-dealkylation sites (N-methyl/N-ethyl adjacent to an activating group) is 1. The lowest BCUT2D eigenvalue weighted by atomic mass is 10.1. The third-order valence-corrected chi connectivity index (χ3v) is 3.51. The highest BCUT2D eigenvalue weighted by Crippen LogP contribution is 2.19. The van der Waals surface area contributed by atoms with Crippen LogP contribution in [0.4, 0.5) is 5.69 Å². The number of ether oxygens (including phenoxy) is 1. The molecule has 1 aliphatic heterocycles. The summed E-state index contributed by atoms with van der Waals surface area (Å²) >= 11 is 0. The van der Waals surface area contributed by atoms with Crippen molar-refractivity contribution in [2.75, 3.05) is 25.1 Å². The smallest absolute Gasteiger partial charge is 0.246 e. The molecule has 20 heavy (non-hydrogen) atoms. The van der Waals surface area contributed by atoms with Crippen molar-refractivity contribution in [3.63, 3.8) is 0 Å². The summed E-state index contributed by atoms with van der Waals surface area (Å²) in [4.78, 5) is 14.2. The lowest BCUT2D eigenvalue weighted by Gasteiger charge is -2.32.